The maximum Gasteiger partial charge on any atom is 0.337 e. The Labute approximate surface area is 105 Å². The third-order valence-corrected chi connectivity index (χ3v) is 4.84. The molecule has 0 aromatic rings. The van der Waals surface area contributed by atoms with E-state index < -0.39 is 13.0 Å². The minimum atomic E-state index is -3.22. The van der Waals surface area contributed by atoms with E-state index in [0.717, 1.165) is 25.7 Å². The summed E-state index contributed by atoms with van der Waals surface area (Å²) in [6.45, 7) is 5.90. The molecule has 0 bridgehead atoms. The van der Waals surface area contributed by atoms with Gasteiger partial charge in [-0.3, -0.25) is 9.36 Å². The van der Waals surface area contributed by atoms with Crippen LogP contribution in [-0.2, 0) is 18.4 Å². The summed E-state index contributed by atoms with van der Waals surface area (Å²) in [5.41, 5.74) is -0.456. The first-order valence-electron chi connectivity index (χ1n) is 6.05. The molecule has 0 heterocycles. The molecule has 0 amide bonds. The van der Waals surface area contributed by atoms with Crippen molar-refractivity contribution in [2.75, 3.05) is 20.4 Å². The van der Waals surface area contributed by atoms with Gasteiger partial charge >= 0.3 is 7.60 Å². The molecule has 17 heavy (non-hydrogen) atoms. The van der Waals surface area contributed by atoms with Gasteiger partial charge in [-0.2, -0.15) is 0 Å². The number of ketones is 1. The fourth-order valence-corrected chi connectivity index (χ4v) is 2.74. The molecule has 0 rings (SSSR count). The number of hydrogen-bond acceptors (Lipinski definition) is 4. The number of rotatable bonds is 9. The van der Waals surface area contributed by atoms with E-state index in [4.69, 9.17) is 9.05 Å². The molecule has 102 valence electrons. The van der Waals surface area contributed by atoms with Gasteiger partial charge in [0.15, 0.2) is 5.78 Å². The summed E-state index contributed by atoms with van der Waals surface area (Å²) in [6, 6.07) is 0. The Morgan fingerprint density at radius 3 is 2.12 bits per heavy atom. The van der Waals surface area contributed by atoms with E-state index in [0.29, 0.717) is 0 Å². The van der Waals surface area contributed by atoms with Crippen LogP contribution in [-0.4, -0.2) is 26.2 Å². The molecule has 0 aliphatic heterocycles. The standard InChI is InChI=1S/C12H25O4P/c1-6-7-8-9-12(2,3)11(13)10-17(14,15-4)16-5/h6-10H2,1-5H3. The summed E-state index contributed by atoms with van der Waals surface area (Å²) in [7, 11) is -0.608. The lowest BCUT2D eigenvalue weighted by atomic mass is 9.83. The van der Waals surface area contributed by atoms with Crippen molar-refractivity contribution in [1.29, 1.82) is 0 Å². The van der Waals surface area contributed by atoms with Crippen molar-refractivity contribution in [3.63, 3.8) is 0 Å². The van der Waals surface area contributed by atoms with Crippen LogP contribution in [0.2, 0.25) is 0 Å². The Kier molecular flexibility index (Phi) is 7.22. The fraction of sp³-hybridized carbons (Fsp3) is 0.917. The second kappa shape index (κ2) is 7.30. The van der Waals surface area contributed by atoms with Gasteiger partial charge < -0.3 is 9.05 Å². The molecule has 0 aliphatic rings. The van der Waals surface area contributed by atoms with Gasteiger partial charge in [-0.1, -0.05) is 40.0 Å². The smallest absolute Gasteiger partial charge is 0.312 e. The summed E-state index contributed by atoms with van der Waals surface area (Å²) in [5.74, 6) is -0.0550. The van der Waals surface area contributed by atoms with Crippen LogP contribution in [0.4, 0.5) is 0 Å². The average molecular weight is 264 g/mol. The summed E-state index contributed by atoms with van der Waals surface area (Å²) in [5, 5.41) is 0. The lowest BCUT2D eigenvalue weighted by Gasteiger charge is -2.24. The molecule has 0 unspecified atom stereocenters. The van der Waals surface area contributed by atoms with Crippen LogP contribution in [0.3, 0.4) is 0 Å². The minimum absolute atomic E-state index is 0.0550. The van der Waals surface area contributed by atoms with Crippen LogP contribution in [0.5, 0.6) is 0 Å². The third-order valence-electron chi connectivity index (χ3n) is 3.05. The molecular formula is C12H25O4P. The molecule has 0 saturated carbocycles. The van der Waals surface area contributed by atoms with Crippen molar-refractivity contribution in [2.45, 2.75) is 46.5 Å². The normalized spacial score (nSPS) is 12.8. The molecule has 4 nitrogen and oxygen atoms in total. The van der Waals surface area contributed by atoms with Crippen LogP contribution in [0.25, 0.3) is 0 Å². The van der Waals surface area contributed by atoms with Crippen molar-refractivity contribution in [2.24, 2.45) is 5.41 Å². The van der Waals surface area contributed by atoms with Crippen LogP contribution in [0.1, 0.15) is 46.5 Å². The Hall–Kier alpha value is -0.180. The zero-order chi connectivity index (χ0) is 13.5. The predicted octanol–water partition coefficient (Wildman–Crippen LogP) is 3.65. The van der Waals surface area contributed by atoms with Gasteiger partial charge in [0.05, 0.1) is 0 Å². The lowest BCUT2D eigenvalue weighted by Crippen LogP contribution is -2.27. The summed E-state index contributed by atoms with van der Waals surface area (Å²) >= 11 is 0. The third kappa shape index (κ3) is 5.80. The van der Waals surface area contributed by atoms with Gasteiger partial charge in [-0.25, -0.2) is 0 Å². The van der Waals surface area contributed by atoms with Gasteiger partial charge in [0, 0.05) is 19.6 Å². The average Bonchev–Trinajstić information content (AvgIpc) is 2.29. The van der Waals surface area contributed by atoms with E-state index in [1.807, 2.05) is 13.8 Å². The van der Waals surface area contributed by atoms with Crippen LogP contribution in [0, 0.1) is 5.41 Å². The highest BCUT2D eigenvalue weighted by atomic mass is 31.2. The number of carbonyl (C=O) groups excluding carboxylic acids is 1. The van der Waals surface area contributed by atoms with Crippen LogP contribution >= 0.6 is 7.60 Å². The molecule has 5 heteroatoms. The zero-order valence-corrected chi connectivity index (χ0v) is 12.5. The number of hydrogen-bond donors (Lipinski definition) is 0. The predicted molar refractivity (Wildman–Crippen MR) is 69.4 cm³/mol. The molecular weight excluding hydrogens is 239 g/mol. The summed E-state index contributed by atoms with van der Waals surface area (Å²) in [6.07, 6.45) is 3.92. The maximum absolute atomic E-state index is 12.1. The van der Waals surface area contributed by atoms with E-state index >= 15 is 0 Å². The Morgan fingerprint density at radius 1 is 1.18 bits per heavy atom. The largest absolute Gasteiger partial charge is 0.337 e. The Bertz CT molecular complexity index is 278. The molecule has 0 spiro atoms. The topological polar surface area (TPSA) is 52.6 Å². The van der Waals surface area contributed by atoms with E-state index in [1.165, 1.54) is 14.2 Å². The Morgan fingerprint density at radius 2 is 1.71 bits per heavy atom. The van der Waals surface area contributed by atoms with Crippen molar-refractivity contribution < 1.29 is 18.4 Å². The Balaban J connectivity index is 4.42. The van der Waals surface area contributed by atoms with Crippen LogP contribution < -0.4 is 0 Å². The maximum atomic E-state index is 12.1. The van der Waals surface area contributed by atoms with Crippen molar-refractivity contribution in [1.82, 2.24) is 0 Å². The zero-order valence-electron chi connectivity index (χ0n) is 11.6. The highest BCUT2D eigenvalue weighted by Gasteiger charge is 2.34. The van der Waals surface area contributed by atoms with Gasteiger partial charge in [0.2, 0.25) is 0 Å². The molecule has 0 atom stereocenters. The minimum Gasteiger partial charge on any atom is -0.312 e. The van der Waals surface area contributed by atoms with Gasteiger partial charge in [-0.15, -0.1) is 0 Å². The lowest BCUT2D eigenvalue weighted by molar-refractivity contribution is -0.125. The summed E-state index contributed by atoms with van der Waals surface area (Å²) in [4.78, 5) is 12.1. The molecule has 0 aromatic heterocycles. The molecule has 0 radical (unpaired) electrons. The number of Topliss-reactive ketones (excluding diaryl/α,β-unsaturated/α-hetero) is 1. The molecule has 0 fully saturated rings. The van der Waals surface area contributed by atoms with Gasteiger partial charge in [0.1, 0.15) is 6.16 Å². The first-order valence-corrected chi connectivity index (χ1v) is 7.78. The second-order valence-corrected chi connectivity index (χ2v) is 7.17. The monoisotopic (exact) mass is 264 g/mol. The van der Waals surface area contributed by atoms with E-state index in [-0.39, 0.29) is 11.9 Å². The molecule has 0 saturated heterocycles. The second-order valence-electron chi connectivity index (χ2n) is 4.90. The van der Waals surface area contributed by atoms with E-state index in [9.17, 15) is 9.36 Å². The molecule has 0 aliphatic carbocycles. The molecule has 0 N–H and O–H groups in total. The first-order chi connectivity index (χ1) is 7.81. The quantitative estimate of drug-likeness (QED) is 0.471. The summed E-state index contributed by atoms with van der Waals surface area (Å²) < 4.78 is 21.5. The van der Waals surface area contributed by atoms with Crippen molar-refractivity contribution >= 4 is 13.4 Å². The SMILES string of the molecule is CCCCCC(C)(C)C(=O)CP(=O)(OC)OC. The molecule has 0 aromatic carbocycles. The highest BCUT2D eigenvalue weighted by Crippen LogP contribution is 2.47. The van der Waals surface area contributed by atoms with Gasteiger partial charge in [0.25, 0.3) is 0 Å². The van der Waals surface area contributed by atoms with Gasteiger partial charge in [-0.05, 0) is 6.42 Å². The van der Waals surface area contributed by atoms with E-state index in [2.05, 4.69) is 6.92 Å². The highest BCUT2D eigenvalue weighted by molar-refractivity contribution is 7.54. The number of carbonyl (C=O) groups is 1. The first kappa shape index (κ1) is 16.8. The van der Waals surface area contributed by atoms with Crippen LogP contribution in [0.15, 0.2) is 0 Å². The fourth-order valence-electron chi connectivity index (χ4n) is 1.55. The number of unbranched alkanes of at least 4 members (excludes halogenated alkanes) is 2. The van der Waals surface area contributed by atoms with Crippen molar-refractivity contribution in [3.8, 4) is 0 Å². The van der Waals surface area contributed by atoms with E-state index in [1.54, 1.807) is 0 Å². The van der Waals surface area contributed by atoms with Crippen molar-refractivity contribution in [3.05, 3.63) is 0 Å².